The summed E-state index contributed by atoms with van der Waals surface area (Å²) in [5.74, 6) is -1.73. The number of halogens is 2. The predicted octanol–water partition coefficient (Wildman–Crippen LogP) is 24.6. The van der Waals surface area contributed by atoms with Gasteiger partial charge in [-0.3, -0.25) is 0 Å². The lowest BCUT2D eigenvalue weighted by Gasteiger charge is -2.34. The van der Waals surface area contributed by atoms with Gasteiger partial charge in [0.05, 0.1) is 11.4 Å². The molecule has 3 heteroatoms. The minimum absolute atomic E-state index is 0.0306. The number of benzene rings is 4. The molecule has 0 radical (unpaired) electrons. The van der Waals surface area contributed by atoms with E-state index in [-0.39, 0.29) is 27.4 Å². The number of fused-ring (bicyclic) bond motifs is 1. The normalized spacial score (nSPS) is 14.8. The third-order valence-electron chi connectivity index (χ3n) is 17.1. The van der Waals surface area contributed by atoms with Crippen molar-refractivity contribution in [2.24, 2.45) is 15.8 Å². The van der Waals surface area contributed by atoms with Gasteiger partial charge in [-0.25, -0.2) is 13.8 Å². The van der Waals surface area contributed by atoms with Crippen molar-refractivity contribution in [1.29, 1.82) is 0 Å². The Morgan fingerprint density at radius 2 is 1.11 bits per heavy atom. The van der Waals surface area contributed by atoms with Crippen LogP contribution in [0.2, 0.25) is 0 Å². The molecule has 0 saturated carbocycles. The average molecular weight is 1090 g/mol. The van der Waals surface area contributed by atoms with E-state index in [4.69, 9.17) is 4.99 Å². The summed E-state index contributed by atoms with van der Waals surface area (Å²) in [4.78, 5) is 5.57. The predicted molar refractivity (Wildman–Crippen MR) is 356 cm³/mol. The van der Waals surface area contributed by atoms with E-state index < -0.39 is 11.6 Å². The molecule has 0 bridgehead atoms. The standard InChI is InChI=1S/C78H105F2N/c1-18-24-26-28-30-32-51-78(52-33-31-29-27-25-19-2)68(50-53-76(12,13)14)66(35-21-4)67-49-48-65(54-69(67)78)55(7)37-43-63(34-20-3)71-73(80)72(79)70(56(8)36-38-57(9)77(15,16)17)59(11)75(71)81-74(64-46-41-61(23-6)42-47-64)58(10)62-44-39-60(22-5)40-45-62/h21,35-50,53-54H,10,18-20,22-34,51-52H2,1-9,11-17H3/b35-21-,53-50+,55-37+,56-36+,57-38+,63-43+,81-74?. The second kappa shape index (κ2) is 31.1. The third kappa shape index (κ3) is 17.4. The van der Waals surface area contributed by atoms with Gasteiger partial charge >= 0.3 is 0 Å². The lowest BCUT2D eigenvalue weighted by atomic mass is 9.69. The zero-order valence-electron chi connectivity index (χ0n) is 53.6. The molecule has 1 nitrogen and oxygen atoms in total. The van der Waals surface area contributed by atoms with Crippen LogP contribution in [0.3, 0.4) is 0 Å². The number of aliphatic imine (C=N–C) groups is 1. The first-order valence-electron chi connectivity index (χ1n) is 31.5. The Hall–Kier alpha value is -5.67. The van der Waals surface area contributed by atoms with E-state index in [9.17, 15) is 0 Å². The molecule has 0 amide bonds. The fraction of sp³-hybridized carbons (Fsp3) is 0.474. The molecular formula is C78H105F2N. The van der Waals surface area contributed by atoms with Crippen molar-refractivity contribution in [2.45, 2.75) is 232 Å². The average Bonchev–Trinajstić information content (AvgIpc) is 3.84. The Morgan fingerprint density at radius 1 is 0.593 bits per heavy atom. The lowest BCUT2D eigenvalue weighted by Crippen LogP contribution is -2.27. The fourth-order valence-corrected chi connectivity index (χ4v) is 11.5. The van der Waals surface area contributed by atoms with Gasteiger partial charge in [0, 0.05) is 27.7 Å². The second-order valence-electron chi connectivity index (χ2n) is 25.5. The summed E-state index contributed by atoms with van der Waals surface area (Å²) >= 11 is 0. The summed E-state index contributed by atoms with van der Waals surface area (Å²) in [6.45, 7) is 39.3. The largest absolute Gasteiger partial charge is 0.247 e. The van der Waals surface area contributed by atoms with Crippen LogP contribution < -0.4 is 0 Å². The zero-order chi connectivity index (χ0) is 59.5. The van der Waals surface area contributed by atoms with Crippen LogP contribution in [0, 0.1) is 29.4 Å². The maximum Gasteiger partial charge on any atom is 0.169 e. The second-order valence-corrected chi connectivity index (χ2v) is 25.5. The van der Waals surface area contributed by atoms with Gasteiger partial charge in [-0.15, -0.1) is 0 Å². The van der Waals surface area contributed by atoms with Crippen LogP contribution in [-0.2, 0) is 18.3 Å². The van der Waals surface area contributed by atoms with E-state index in [0.717, 1.165) is 65.5 Å². The minimum Gasteiger partial charge on any atom is -0.247 e. The highest BCUT2D eigenvalue weighted by atomic mass is 19.2. The van der Waals surface area contributed by atoms with E-state index in [2.05, 4.69) is 207 Å². The zero-order valence-corrected chi connectivity index (χ0v) is 53.6. The molecule has 0 fully saturated rings. The highest BCUT2D eigenvalue weighted by Crippen LogP contribution is 2.54. The van der Waals surface area contributed by atoms with E-state index in [1.165, 1.54) is 110 Å². The maximum absolute atomic E-state index is 17.9. The molecule has 5 rings (SSSR count). The van der Waals surface area contributed by atoms with E-state index >= 15 is 8.78 Å². The molecule has 0 aromatic heterocycles. The fourth-order valence-electron chi connectivity index (χ4n) is 11.5. The van der Waals surface area contributed by atoms with E-state index in [1.807, 2.05) is 26.0 Å². The quantitative estimate of drug-likeness (QED) is 0.0292. The number of hydrogen-bond donors (Lipinski definition) is 0. The molecule has 4 aromatic rings. The molecule has 0 aliphatic heterocycles. The SMILES string of the molecule is C=C(C(=Nc1c(C)c(/C(C)=C/C=C(\C)C(C)(C)C)c(F)c(F)c1/C(=C/C=C(\C)c1ccc2c(c1)C(CCCCCCCC)(CCCCCCCC)C(/C=C/C(C)(C)C)=C2/C=C\C)CCC)c1ccc(CC)cc1)c1ccc(CC)cc1. The molecule has 0 unspecified atom stereocenters. The Balaban J connectivity index is 1.81. The first kappa shape index (κ1) is 66.1. The molecule has 0 N–H and O–H groups in total. The van der Waals surface area contributed by atoms with Gasteiger partial charge in [0.1, 0.15) is 0 Å². The van der Waals surface area contributed by atoms with E-state index in [0.29, 0.717) is 34.5 Å². The van der Waals surface area contributed by atoms with Gasteiger partial charge in [0.25, 0.3) is 0 Å². The molecule has 0 heterocycles. The monoisotopic (exact) mass is 1090 g/mol. The van der Waals surface area contributed by atoms with Crippen molar-refractivity contribution in [1.82, 2.24) is 0 Å². The highest BCUT2D eigenvalue weighted by Gasteiger charge is 2.43. The summed E-state index contributed by atoms with van der Waals surface area (Å²) in [5.41, 5.74) is 17.1. The maximum atomic E-state index is 17.9. The number of rotatable bonds is 29. The van der Waals surface area contributed by atoms with Crippen LogP contribution in [0.15, 0.2) is 138 Å². The summed E-state index contributed by atoms with van der Waals surface area (Å²) in [5, 5.41) is 0. The van der Waals surface area contributed by atoms with Gasteiger partial charge in [-0.05, 0) is 150 Å². The smallest absolute Gasteiger partial charge is 0.169 e. The Labute approximate surface area is 493 Å². The van der Waals surface area contributed by atoms with Crippen molar-refractivity contribution in [3.05, 3.63) is 200 Å². The molecule has 436 valence electrons. The summed E-state index contributed by atoms with van der Waals surface area (Å²) < 4.78 is 35.4. The molecule has 4 aromatic carbocycles. The van der Waals surface area contributed by atoms with Crippen LogP contribution in [-0.4, -0.2) is 5.71 Å². The van der Waals surface area contributed by atoms with Crippen LogP contribution in [0.4, 0.5) is 14.5 Å². The van der Waals surface area contributed by atoms with Gasteiger partial charge in [-0.1, -0.05) is 281 Å². The van der Waals surface area contributed by atoms with Crippen LogP contribution in [0.1, 0.15) is 262 Å². The lowest BCUT2D eigenvalue weighted by molar-refractivity contribution is 0.394. The number of hydrogen-bond acceptors (Lipinski definition) is 1. The topological polar surface area (TPSA) is 12.4 Å². The molecule has 81 heavy (non-hydrogen) atoms. The van der Waals surface area contributed by atoms with Crippen LogP contribution in [0.5, 0.6) is 0 Å². The van der Waals surface area contributed by atoms with Gasteiger partial charge in [-0.2, -0.15) is 0 Å². The van der Waals surface area contributed by atoms with Crippen molar-refractivity contribution >= 4 is 39.3 Å². The number of nitrogens with zero attached hydrogens (tertiary/aromatic N) is 1. The molecule has 1 aliphatic rings. The van der Waals surface area contributed by atoms with Gasteiger partial charge in [0.2, 0.25) is 0 Å². The minimum atomic E-state index is -0.881. The molecule has 0 spiro atoms. The molecule has 1 aliphatic carbocycles. The first-order valence-corrected chi connectivity index (χ1v) is 31.5. The molecule has 0 atom stereocenters. The summed E-state index contributed by atoms with van der Waals surface area (Å²) in [6.07, 6.45) is 38.1. The summed E-state index contributed by atoms with van der Waals surface area (Å²) in [7, 11) is 0. The third-order valence-corrected chi connectivity index (χ3v) is 17.1. The Kier molecular flexibility index (Phi) is 25.4. The number of aryl methyl sites for hydroxylation is 2. The molecular weight excluding hydrogens is 989 g/mol. The number of unbranched alkanes of at least 4 members (excludes halogenated alkanes) is 10. The van der Waals surface area contributed by atoms with E-state index in [1.54, 1.807) is 0 Å². The molecule has 0 saturated heterocycles. The Bertz CT molecular complexity index is 2980. The van der Waals surface area contributed by atoms with Crippen molar-refractivity contribution in [2.75, 3.05) is 0 Å². The van der Waals surface area contributed by atoms with Crippen molar-refractivity contribution in [3.8, 4) is 0 Å². The van der Waals surface area contributed by atoms with Gasteiger partial charge in [0.15, 0.2) is 11.6 Å². The van der Waals surface area contributed by atoms with Crippen molar-refractivity contribution < 1.29 is 8.78 Å². The van der Waals surface area contributed by atoms with Crippen LogP contribution >= 0.6 is 0 Å². The number of allylic oxidation sites excluding steroid dienone is 15. The first-order chi connectivity index (χ1) is 38.6. The Morgan fingerprint density at radius 3 is 1.63 bits per heavy atom. The van der Waals surface area contributed by atoms with Crippen LogP contribution in [0.25, 0.3) is 27.9 Å². The van der Waals surface area contributed by atoms with Crippen molar-refractivity contribution in [3.63, 3.8) is 0 Å². The highest BCUT2D eigenvalue weighted by molar-refractivity contribution is 6.32. The van der Waals surface area contributed by atoms with Gasteiger partial charge < -0.3 is 0 Å². The summed E-state index contributed by atoms with van der Waals surface area (Å²) in [6, 6.07) is 24.1.